The smallest absolute Gasteiger partial charge is 0.319 e. The van der Waals surface area contributed by atoms with Gasteiger partial charge in [-0.15, -0.1) is 0 Å². The number of amides is 3. The molecule has 0 atom stereocenters. The van der Waals surface area contributed by atoms with Crippen LogP contribution >= 0.6 is 0 Å². The van der Waals surface area contributed by atoms with Crippen LogP contribution in [0.2, 0.25) is 0 Å². The van der Waals surface area contributed by atoms with Gasteiger partial charge in [-0.3, -0.25) is 4.79 Å². The van der Waals surface area contributed by atoms with Gasteiger partial charge in [-0.2, -0.15) is 0 Å². The fourth-order valence-electron chi connectivity index (χ4n) is 3.53. The Morgan fingerprint density at radius 3 is 2.74 bits per heavy atom. The maximum atomic E-state index is 12.3. The van der Waals surface area contributed by atoms with E-state index in [-0.39, 0.29) is 11.9 Å². The molecule has 0 aromatic heterocycles. The molecule has 0 aliphatic carbocycles. The van der Waals surface area contributed by atoms with Gasteiger partial charge in [0, 0.05) is 31.4 Å². The van der Waals surface area contributed by atoms with E-state index in [0.717, 1.165) is 33.3 Å². The van der Waals surface area contributed by atoms with Crippen molar-refractivity contribution < 1.29 is 9.59 Å². The second-order valence-electron chi connectivity index (χ2n) is 6.74. The Balaban J connectivity index is 1.43. The summed E-state index contributed by atoms with van der Waals surface area (Å²) in [6, 6.07) is 19.6. The van der Waals surface area contributed by atoms with Crippen molar-refractivity contribution in [3.63, 3.8) is 0 Å². The molecule has 5 nitrogen and oxygen atoms in total. The van der Waals surface area contributed by atoms with Gasteiger partial charge >= 0.3 is 6.03 Å². The number of benzene rings is 3. The number of rotatable bonds is 3. The SMILES string of the molecule is CN1C(=O)CCc2cc(NC(=O)NCc3cccc4ccccc34)ccc21. The van der Waals surface area contributed by atoms with E-state index >= 15 is 0 Å². The topological polar surface area (TPSA) is 61.4 Å². The maximum Gasteiger partial charge on any atom is 0.319 e. The summed E-state index contributed by atoms with van der Waals surface area (Å²) in [5.41, 5.74) is 3.79. The van der Waals surface area contributed by atoms with Gasteiger partial charge in [-0.25, -0.2) is 4.79 Å². The first-order chi connectivity index (χ1) is 13.1. The Morgan fingerprint density at radius 2 is 1.85 bits per heavy atom. The third kappa shape index (κ3) is 3.49. The van der Waals surface area contributed by atoms with Crippen molar-refractivity contribution in [2.24, 2.45) is 0 Å². The Kier molecular flexibility index (Phi) is 4.50. The van der Waals surface area contributed by atoms with Crippen LogP contribution in [0.1, 0.15) is 17.5 Å². The van der Waals surface area contributed by atoms with Crippen molar-refractivity contribution >= 4 is 34.1 Å². The number of carbonyl (C=O) groups is 2. The van der Waals surface area contributed by atoms with E-state index < -0.39 is 0 Å². The Morgan fingerprint density at radius 1 is 1.04 bits per heavy atom. The van der Waals surface area contributed by atoms with Crippen molar-refractivity contribution in [1.29, 1.82) is 0 Å². The fraction of sp³-hybridized carbons (Fsp3) is 0.182. The number of hydrogen-bond acceptors (Lipinski definition) is 2. The highest BCUT2D eigenvalue weighted by Gasteiger charge is 2.20. The number of nitrogens with one attached hydrogen (secondary N) is 2. The number of anilines is 2. The van der Waals surface area contributed by atoms with E-state index in [1.165, 1.54) is 0 Å². The second kappa shape index (κ2) is 7.11. The molecule has 136 valence electrons. The third-order valence-corrected chi connectivity index (χ3v) is 5.00. The first kappa shape index (κ1) is 17.1. The maximum absolute atomic E-state index is 12.3. The lowest BCUT2D eigenvalue weighted by Crippen LogP contribution is -2.31. The van der Waals surface area contributed by atoms with Crippen molar-refractivity contribution in [3.8, 4) is 0 Å². The summed E-state index contributed by atoms with van der Waals surface area (Å²) in [6.07, 6.45) is 1.20. The Hall–Kier alpha value is -3.34. The van der Waals surface area contributed by atoms with Gasteiger partial charge in [0.05, 0.1) is 0 Å². The molecule has 5 heteroatoms. The van der Waals surface area contributed by atoms with Gasteiger partial charge in [0.1, 0.15) is 0 Å². The van der Waals surface area contributed by atoms with Crippen LogP contribution in [0, 0.1) is 0 Å². The quantitative estimate of drug-likeness (QED) is 0.740. The summed E-state index contributed by atoms with van der Waals surface area (Å²) in [5.74, 6) is 0.121. The highest BCUT2D eigenvalue weighted by atomic mass is 16.2. The monoisotopic (exact) mass is 359 g/mol. The zero-order chi connectivity index (χ0) is 18.8. The van der Waals surface area contributed by atoms with E-state index in [2.05, 4.69) is 28.8 Å². The summed E-state index contributed by atoms with van der Waals surface area (Å²) in [4.78, 5) is 25.8. The molecule has 0 spiro atoms. The zero-order valence-corrected chi connectivity index (χ0v) is 15.2. The van der Waals surface area contributed by atoms with Crippen LogP contribution in [-0.2, 0) is 17.8 Å². The summed E-state index contributed by atoms with van der Waals surface area (Å²) >= 11 is 0. The van der Waals surface area contributed by atoms with E-state index in [9.17, 15) is 9.59 Å². The van der Waals surface area contributed by atoms with Crippen LogP contribution in [0.5, 0.6) is 0 Å². The highest BCUT2D eigenvalue weighted by molar-refractivity contribution is 5.97. The van der Waals surface area contributed by atoms with Gasteiger partial charge in [-0.1, -0.05) is 42.5 Å². The molecule has 0 saturated carbocycles. The van der Waals surface area contributed by atoms with E-state index in [1.807, 2.05) is 42.5 Å². The molecule has 0 fully saturated rings. The highest BCUT2D eigenvalue weighted by Crippen LogP contribution is 2.29. The van der Waals surface area contributed by atoms with E-state index in [0.29, 0.717) is 19.4 Å². The number of carbonyl (C=O) groups excluding carboxylic acids is 2. The van der Waals surface area contributed by atoms with Crippen LogP contribution in [0.15, 0.2) is 60.7 Å². The summed E-state index contributed by atoms with van der Waals surface area (Å²) in [7, 11) is 1.78. The van der Waals surface area contributed by atoms with E-state index in [4.69, 9.17) is 0 Å². The average Bonchev–Trinajstić information content (AvgIpc) is 2.69. The summed E-state index contributed by atoms with van der Waals surface area (Å²) < 4.78 is 0. The molecular weight excluding hydrogens is 338 g/mol. The van der Waals surface area contributed by atoms with Crippen LogP contribution in [0.25, 0.3) is 10.8 Å². The van der Waals surface area contributed by atoms with Gasteiger partial charge in [0.15, 0.2) is 0 Å². The first-order valence-corrected chi connectivity index (χ1v) is 9.03. The largest absolute Gasteiger partial charge is 0.334 e. The zero-order valence-electron chi connectivity index (χ0n) is 15.2. The minimum atomic E-state index is -0.247. The van der Waals surface area contributed by atoms with Gasteiger partial charge in [-0.05, 0) is 46.5 Å². The lowest BCUT2D eigenvalue weighted by atomic mass is 10.0. The number of aryl methyl sites for hydroxylation is 1. The first-order valence-electron chi connectivity index (χ1n) is 9.03. The number of hydrogen-bond donors (Lipinski definition) is 2. The number of nitrogens with zero attached hydrogens (tertiary/aromatic N) is 1. The van der Waals surface area contributed by atoms with Crippen LogP contribution in [-0.4, -0.2) is 19.0 Å². The molecule has 3 aromatic carbocycles. The number of fused-ring (bicyclic) bond motifs is 2. The van der Waals surface area contributed by atoms with Crippen molar-refractivity contribution in [3.05, 3.63) is 71.8 Å². The van der Waals surface area contributed by atoms with Crippen LogP contribution < -0.4 is 15.5 Å². The minimum absolute atomic E-state index is 0.121. The molecule has 0 saturated heterocycles. The molecule has 1 aliphatic rings. The predicted octanol–water partition coefficient (Wildman–Crippen LogP) is 4.07. The van der Waals surface area contributed by atoms with Crippen LogP contribution in [0.4, 0.5) is 16.2 Å². The molecule has 0 unspecified atom stereocenters. The Bertz CT molecular complexity index is 1020. The molecule has 1 aliphatic heterocycles. The minimum Gasteiger partial charge on any atom is -0.334 e. The molecule has 1 heterocycles. The molecule has 0 radical (unpaired) electrons. The van der Waals surface area contributed by atoms with Crippen LogP contribution in [0.3, 0.4) is 0 Å². The lowest BCUT2D eigenvalue weighted by Gasteiger charge is -2.26. The predicted molar refractivity (Wildman–Crippen MR) is 108 cm³/mol. The van der Waals surface area contributed by atoms with Gasteiger partial charge in [0.25, 0.3) is 0 Å². The van der Waals surface area contributed by atoms with Crippen molar-refractivity contribution in [2.75, 3.05) is 17.3 Å². The molecule has 4 rings (SSSR count). The third-order valence-electron chi connectivity index (χ3n) is 5.00. The lowest BCUT2D eigenvalue weighted by molar-refractivity contribution is -0.118. The fourth-order valence-corrected chi connectivity index (χ4v) is 3.53. The molecule has 3 aromatic rings. The van der Waals surface area contributed by atoms with Gasteiger partial charge < -0.3 is 15.5 Å². The number of urea groups is 1. The summed E-state index contributed by atoms with van der Waals surface area (Å²) in [6.45, 7) is 0.454. The van der Waals surface area contributed by atoms with Crippen molar-refractivity contribution in [1.82, 2.24) is 5.32 Å². The standard InChI is InChI=1S/C22H21N3O2/c1-25-20-11-10-18(13-16(20)9-12-21(25)26)24-22(27)23-14-17-7-4-6-15-5-2-3-8-19(15)17/h2-8,10-11,13H,9,12,14H2,1H3,(H2,23,24,27). The molecule has 0 bridgehead atoms. The Labute approximate surface area is 158 Å². The second-order valence-corrected chi connectivity index (χ2v) is 6.74. The molecule has 27 heavy (non-hydrogen) atoms. The molecule has 2 N–H and O–H groups in total. The van der Waals surface area contributed by atoms with Gasteiger partial charge in [0.2, 0.25) is 5.91 Å². The molecule has 3 amide bonds. The average molecular weight is 359 g/mol. The normalized spacial score (nSPS) is 13.4. The summed E-state index contributed by atoms with van der Waals surface area (Å²) in [5, 5.41) is 8.10. The van der Waals surface area contributed by atoms with E-state index in [1.54, 1.807) is 11.9 Å². The molecular formula is C22H21N3O2. The van der Waals surface area contributed by atoms with Crippen molar-refractivity contribution in [2.45, 2.75) is 19.4 Å².